The Labute approximate surface area is 154 Å². The molecule has 3 amide bonds. The normalized spacial score (nSPS) is 16.1. The van der Waals surface area contributed by atoms with E-state index in [1.165, 1.54) is 0 Å². The minimum atomic E-state index is -1.15. The van der Waals surface area contributed by atoms with Crippen molar-refractivity contribution in [3.05, 3.63) is 30.6 Å². The molecule has 0 fully saturated rings. The molecule has 1 aromatic carbocycles. The van der Waals surface area contributed by atoms with Gasteiger partial charge in [-0.3, -0.25) is 19.3 Å². The number of carbonyl (C=O) groups excluding carboxylic acids is 1. The third kappa shape index (κ3) is 3.54. The summed E-state index contributed by atoms with van der Waals surface area (Å²) < 4.78 is 1.57. The zero-order chi connectivity index (χ0) is 19.7. The van der Waals surface area contributed by atoms with E-state index in [2.05, 4.69) is 5.10 Å². The van der Waals surface area contributed by atoms with E-state index in [0.29, 0.717) is 29.0 Å². The van der Waals surface area contributed by atoms with Crippen molar-refractivity contribution in [2.24, 2.45) is 5.73 Å². The van der Waals surface area contributed by atoms with E-state index in [4.69, 9.17) is 5.73 Å². The number of amides is 3. The van der Waals surface area contributed by atoms with E-state index in [0.717, 1.165) is 9.80 Å². The molecule has 142 valence electrons. The average molecular weight is 373 g/mol. The number of rotatable bonds is 4. The predicted octanol–water partition coefficient (Wildman–Crippen LogP) is 1.80. The van der Waals surface area contributed by atoms with E-state index in [1.54, 1.807) is 42.2 Å². The lowest BCUT2D eigenvalue weighted by Gasteiger charge is -2.38. The Kier molecular flexibility index (Phi) is 4.72. The number of hydrogen-bond donors (Lipinski definition) is 3. The Morgan fingerprint density at radius 1 is 1.19 bits per heavy atom. The Morgan fingerprint density at radius 2 is 1.93 bits per heavy atom. The van der Waals surface area contributed by atoms with E-state index in [1.807, 2.05) is 0 Å². The van der Waals surface area contributed by atoms with Crippen molar-refractivity contribution in [1.82, 2.24) is 9.78 Å². The van der Waals surface area contributed by atoms with Crippen molar-refractivity contribution < 1.29 is 24.6 Å². The van der Waals surface area contributed by atoms with Crippen molar-refractivity contribution in [1.29, 1.82) is 0 Å². The van der Waals surface area contributed by atoms with Crippen LogP contribution in [-0.4, -0.2) is 50.7 Å². The maximum atomic E-state index is 11.6. The first-order chi connectivity index (χ1) is 12.8. The molecule has 1 aliphatic rings. The molecule has 0 saturated carbocycles. The summed E-state index contributed by atoms with van der Waals surface area (Å²) >= 11 is 0. The van der Waals surface area contributed by atoms with Gasteiger partial charge in [0.25, 0.3) is 0 Å². The molecule has 10 nitrogen and oxygen atoms in total. The van der Waals surface area contributed by atoms with Crippen LogP contribution in [0.4, 0.5) is 21.0 Å². The molecule has 2 aromatic rings. The minimum Gasteiger partial charge on any atom is -0.465 e. The van der Waals surface area contributed by atoms with Gasteiger partial charge in [0.2, 0.25) is 5.91 Å². The van der Waals surface area contributed by atoms with Gasteiger partial charge >= 0.3 is 12.2 Å². The summed E-state index contributed by atoms with van der Waals surface area (Å²) in [6, 6.07) is 4.42. The summed E-state index contributed by atoms with van der Waals surface area (Å²) in [5.41, 5.74) is 7.14. The van der Waals surface area contributed by atoms with Crippen LogP contribution < -0.4 is 15.5 Å². The van der Waals surface area contributed by atoms with Crippen LogP contribution in [0.5, 0.6) is 0 Å². The lowest BCUT2D eigenvalue weighted by atomic mass is 10.0. The van der Waals surface area contributed by atoms with Gasteiger partial charge < -0.3 is 15.9 Å². The number of anilines is 2. The molecule has 2 heterocycles. The van der Waals surface area contributed by atoms with E-state index in [-0.39, 0.29) is 13.0 Å². The van der Waals surface area contributed by atoms with Crippen molar-refractivity contribution in [2.75, 3.05) is 16.3 Å². The first kappa shape index (κ1) is 18.2. The molecule has 1 atom stereocenters. The minimum absolute atomic E-state index is 0.0377. The van der Waals surface area contributed by atoms with Gasteiger partial charge in [-0.1, -0.05) is 6.07 Å². The second-order valence-electron chi connectivity index (χ2n) is 6.31. The maximum Gasteiger partial charge on any atom is 0.412 e. The number of nitrogens with two attached hydrogens (primary N) is 1. The fraction of sp³-hybridized carbons (Fsp3) is 0.294. The van der Waals surface area contributed by atoms with Gasteiger partial charge in [-0.15, -0.1) is 0 Å². The second-order valence-corrected chi connectivity index (χ2v) is 6.31. The summed E-state index contributed by atoms with van der Waals surface area (Å²) in [6.45, 7) is 2.03. The van der Waals surface area contributed by atoms with Gasteiger partial charge in [-0.2, -0.15) is 5.10 Å². The van der Waals surface area contributed by atoms with Crippen molar-refractivity contribution in [3.63, 3.8) is 0 Å². The fourth-order valence-corrected chi connectivity index (χ4v) is 3.14. The summed E-state index contributed by atoms with van der Waals surface area (Å²) in [4.78, 5) is 36.4. The molecule has 0 aliphatic carbocycles. The molecular formula is C17H19N5O5. The highest BCUT2D eigenvalue weighted by molar-refractivity contribution is 6.00. The molecule has 0 spiro atoms. The van der Waals surface area contributed by atoms with Gasteiger partial charge in [-0.05, 0) is 24.6 Å². The van der Waals surface area contributed by atoms with Crippen LogP contribution in [-0.2, 0) is 11.3 Å². The quantitative estimate of drug-likeness (QED) is 0.746. The van der Waals surface area contributed by atoms with Gasteiger partial charge in [-0.25, -0.2) is 9.59 Å². The van der Waals surface area contributed by atoms with E-state index >= 15 is 0 Å². The molecule has 3 rings (SSSR count). The van der Waals surface area contributed by atoms with Gasteiger partial charge in [0, 0.05) is 24.7 Å². The first-order valence-electron chi connectivity index (χ1n) is 8.25. The number of aryl methyl sites for hydroxylation is 1. The Bertz CT molecular complexity index is 909. The smallest absolute Gasteiger partial charge is 0.412 e. The lowest BCUT2D eigenvalue weighted by molar-refractivity contribution is -0.118. The third-order valence-corrected chi connectivity index (χ3v) is 4.40. The summed E-state index contributed by atoms with van der Waals surface area (Å²) in [7, 11) is 0. The number of primary amides is 1. The molecule has 27 heavy (non-hydrogen) atoms. The summed E-state index contributed by atoms with van der Waals surface area (Å²) in [6.07, 6.45) is 1.18. The number of benzene rings is 1. The number of carbonyl (C=O) groups is 3. The van der Waals surface area contributed by atoms with Crippen LogP contribution in [0.3, 0.4) is 0 Å². The maximum absolute atomic E-state index is 11.6. The van der Waals surface area contributed by atoms with Crippen molar-refractivity contribution >= 4 is 29.5 Å². The largest absolute Gasteiger partial charge is 0.465 e. The van der Waals surface area contributed by atoms with E-state index in [9.17, 15) is 24.6 Å². The van der Waals surface area contributed by atoms with Gasteiger partial charge in [0.05, 0.1) is 30.2 Å². The molecule has 1 aliphatic heterocycles. The molecule has 0 radical (unpaired) electrons. The zero-order valence-electron chi connectivity index (χ0n) is 14.6. The Morgan fingerprint density at radius 3 is 2.56 bits per heavy atom. The van der Waals surface area contributed by atoms with Crippen LogP contribution in [0.25, 0.3) is 11.1 Å². The highest BCUT2D eigenvalue weighted by Gasteiger charge is 2.35. The van der Waals surface area contributed by atoms with Crippen LogP contribution in [0.2, 0.25) is 0 Å². The molecule has 1 aromatic heterocycles. The number of hydrogen-bond acceptors (Lipinski definition) is 4. The predicted molar refractivity (Wildman–Crippen MR) is 96.8 cm³/mol. The summed E-state index contributed by atoms with van der Waals surface area (Å²) in [5.74, 6) is -0.430. The van der Waals surface area contributed by atoms with Crippen LogP contribution in [0.15, 0.2) is 30.6 Å². The SMILES string of the molecule is C[C@H]1CN(C(=O)O)c2cc(-c3cnn(CCC(N)=O)c3)ccc2N1C(=O)O. The molecule has 4 N–H and O–H groups in total. The number of nitrogens with zero attached hydrogens (tertiary/aromatic N) is 4. The van der Waals surface area contributed by atoms with E-state index < -0.39 is 24.1 Å². The molecular weight excluding hydrogens is 354 g/mol. The number of aromatic nitrogens is 2. The average Bonchev–Trinajstić information content (AvgIpc) is 3.07. The topological polar surface area (TPSA) is 142 Å². The van der Waals surface area contributed by atoms with Crippen molar-refractivity contribution in [3.8, 4) is 11.1 Å². The third-order valence-electron chi connectivity index (χ3n) is 4.40. The number of fused-ring (bicyclic) bond motifs is 1. The zero-order valence-corrected chi connectivity index (χ0v) is 14.6. The Hall–Kier alpha value is -3.56. The van der Waals surface area contributed by atoms with Crippen molar-refractivity contribution in [2.45, 2.75) is 25.9 Å². The van der Waals surface area contributed by atoms with Gasteiger partial charge in [0.15, 0.2) is 0 Å². The molecule has 10 heteroatoms. The number of carboxylic acid groups (broad SMARTS) is 2. The highest BCUT2D eigenvalue weighted by atomic mass is 16.4. The fourth-order valence-electron chi connectivity index (χ4n) is 3.14. The first-order valence-corrected chi connectivity index (χ1v) is 8.25. The molecule has 0 unspecified atom stereocenters. The van der Waals surface area contributed by atoms with Crippen LogP contribution in [0, 0.1) is 0 Å². The highest BCUT2D eigenvalue weighted by Crippen LogP contribution is 2.38. The monoisotopic (exact) mass is 373 g/mol. The standard InChI is InChI=1S/C17H19N5O5/c1-10-8-21(16(24)25)14-6-11(2-3-13(14)22(10)17(26)27)12-7-19-20(9-12)5-4-15(18)23/h2-3,6-7,9-10H,4-5,8H2,1H3,(H2,18,23)(H,24,25)(H,26,27)/t10-/m0/s1. The molecule has 0 bridgehead atoms. The van der Waals surface area contributed by atoms with Gasteiger partial charge in [0.1, 0.15) is 0 Å². The lowest BCUT2D eigenvalue weighted by Crippen LogP contribution is -2.51. The molecule has 0 saturated heterocycles. The summed E-state index contributed by atoms with van der Waals surface area (Å²) in [5, 5.41) is 23.2. The van der Waals surface area contributed by atoms with Crippen LogP contribution in [0.1, 0.15) is 13.3 Å². The second kappa shape index (κ2) is 6.98. The van der Waals surface area contributed by atoms with Crippen LogP contribution >= 0.6 is 0 Å². The Balaban J connectivity index is 1.99.